The molecular formula is C9H11NO2. The highest BCUT2D eigenvalue weighted by atomic mass is 16.4. The molecule has 0 atom stereocenters. The van der Waals surface area contributed by atoms with Crippen molar-refractivity contribution in [3.05, 3.63) is 29.1 Å². The molecular weight excluding hydrogens is 154 g/mol. The molecule has 3 heteroatoms. The lowest BCUT2D eigenvalue weighted by molar-refractivity contribution is -0.131. The number of carboxylic acid groups (broad SMARTS) is 1. The lowest BCUT2D eigenvalue weighted by Crippen LogP contribution is -1.85. The smallest absolute Gasteiger partial charge is 0.328 e. The highest BCUT2D eigenvalue weighted by Crippen LogP contribution is 2.10. The van der Waals surface area contributed by atoms with E-state index in [1.165, 1.54) is 0 Å². The quantitative estimate of drug-likeness (QED) is 0.655. The van der Waals surface area contributed by atoms with Gasteiger partial charge in [0.1, 0.15) is 0 Å². The first kappa shape index (κ1) is 8.59. The molecule has 0 aliphatic rings. The summed E-state index contributed by atoms with van der Waals surface area (Å²) in [4.78, 5) is 13.3. The van der Waals surface area contributed by atoms with Crippen molar-refractivity contribution in [2.24, 2.45) is 0 Å². The van der Waals surface area contributed by atoms with Gasteiger partial charge in [0.2, 0.25) is 0 Å². The monoisotopic (exact) mass is 165 g/mol. The maximum Gasteiger partial charge on any atom is 0.328 e. The Morgan fingerprint density at radius 1 is 1.58 bits per heavy atom. The molecule has 0 saturated carbocycles. The minimum absolute atomic E-state index is 0.923. The molecule has 0 radical (unpaired) electrons. The van der Waals surface area contributed by atoms with Crippen LogP contribution in [0.15, 0.2) is 12.1 Å². The van der Waals surface area contributed by atoms with Gasteiger partial charge in [-0.05, 0) is 31.6 Å². The van der Waals surface area contributed by atoms with E-state index in [-0.39, 0.29) is 0 Å². The minimum atomic E-state index is -0.923. The van der Waals surface area contributed by atoms with E-state index >= 15 is 0 Å². The molecule has 1 heterocycles. The van der Waals surface area contributed by atoms with Gasteiger partial charge in [-0.1, -0.05) is 0 Å². The van der Waals surface area contributed by atoms with Gasteiger partial charge in [-0.15, -0.1) is 0 Å². The molecule has 0 bridgehead atoms. The summed E-state index contributed by atoms with van der Waals surface area (Å²) < 4.78 is 0. The summed E-state index contributed by atoms with van der Waals surface area (Å²) in [6.07, 6.45) is 2.72. The number of carboxylic acids is 1. The first-order chi connectivity index (χ1) is 5.59. The fourth-order valence-electron chi connectivity index (χ4n) is 1.08. The van der Waals surface area contributed by atoms with E-state index in [0.29, 0.717) is 0 Å². The second kappa shape index (κ2) is 3.26. The van der Waals surface area contributed by atoms with Crippen LogP contribution >= 0.6 is 0 Å². The van der Waals surface area contributed by atoms with Crippen molar-refractivity contribution in [3.8, 4) is 0 Å². The number of aliphatic carboxylic acids is 1. The van der Waals surface area contributed by atoms with Gasteiger partial charge in [-0.25, -0.2) is 4.79 Å². The Bertz CT molecular complexity index is 323. The Labute approximate surface area is 70.7 Å². The van der Waals surface area contributed by atoms with Crippen molar-refractivity contribution < 1.29 is 9.90 Å². The van der Waals surface area contributed by atoms with E-state index in [2.05, 4.69) is 4.98 Å². The SMILES string of the molecule is Cc1cc(C=CC(=O)O)c(C)[nH]1. The van der Waals surface area contributed by atoms with E-state index in [0.717, 1.165) is 23.0 Å². The third-order valence-electron chi connectivity index (χ3n) is 1.60. The van der Waals surface area contributed by atoms with Crippen LogP contribution in [0.25, 0.3) is 6.08 Å². The van der Waals surface area contributed by atoms with Crippen LogP contribution in [0.2, 0.25) is 0 Å². The summed E-state index contributed by atoms with van der Waals surface area (Å²) in [5, 5.41) is 8.38. The maximum absolute atomic E-state index is 10.2. The number of nitrogens with one attached hydrogen (secondary N) is 1. The summed E-state index contributed by atoms with van der Waals surface area (Å²) >= 11 is 0. The van der Waals surface area contributed by atoms with Crippen molar-refractivity contribution >= 4 is 12.0 Å². The molecule has 1 rings (SSSR count). The lowest BCUT2D eigenvalue weighted by Gasteiger charge is -1.86. The van der Waals surface area contributed by atoms with E-state index in [1.807, 2.05) is 19.9 Å². The van der Waals surface area contributed by atoms with Crippen LogP contribution in [0.3, 0.4) is 0 Å². The topological polar surface area (TPSA) is 53.1 Å². The summed E-state index contributed by atoms with van der Waals surface area (Å²) in [7, 11) is 0. The molecule has 3 nitrogen and oxygen atoms in total. The van der Waals surface area contributed by atoms with Crippen molar-refractivity contribution in [1.29, 1.82) is 0 Å². The number of hydrogen-bond acceptors (Lipinski definition) is 1. The number of aromatic nitrogens is 1. The number of carbonyl (C=O) groups is 1. The van der Waals surface area contributed by atoms with Gasteiger partial charge in [-0.3, -0.25) is 0 Å². The van der Waals surface area contributed by atoms with Crippen LogP contribution in [0.4, 0.5) is 0 Å². The molecule has 1 aromatic heterocycles. The number of hydrogen-bond donors (Lipinski definition) is 2. The van der Waals surface area contributed by atoms with Gasteiger partial charge in [-0.2, -0.15) is 0 Å². The van der Waals surface area contributed by atoms with E-state index in [1.54, 1.807) is 6.08 Å². The Morgan fingerprint density at radius 3 is 2.67 bits per heavy atom. The lowest BCUT2D eigenvalue weighted by atomic mass is 10.2. The summed E-state index contributed by atoms with van der Waals surface area (Å²) in [6, 6.07) is 1.91. The van der Waals surface area contributed by atoms with Gasteiger partial charge in [0, 0.05) is 17.5 Å². The maximum atomic E-state index is 10.2. The molecule has 12 heavy (non-hydrogen) atoms. The normalized spacial score (nSPS) is 10.8. The minimum Gasteiger partial charge on any atom is -0.478 e. The highest BCUT2D eigenvalue weighted by molar-refractivity contribution is 5.85. The van der Waals surface area contributed by atoms with E-state index < -0.39 is 5.97 Å². The largest absolute Gasteiger partial charge is 0.478 e. The molecule has 1 aromatic rings. The van der Waals surface area contributed by atoms with Gasteiger partial charge >= 0.3 is 5.97 Å². The predicted molar refractivity (Wildman–Crippen MR) is 46.9 cm³/mol. The molecule has 2 N–H and O–H groups in total. The van der Waals surface area contributed by atoms with Crippen molar-refractivity contribution in [2.45, 2.75) is 13.8 Å². The fraction of sp³-hybridized carbons (Fsp3) is 0.222. The third kappa shape index (κ3) is 1.99. The average Bonchev–Trinajstić information content (AvgIpc) is 2.26. The van der Waals surface area contributed by atoms with Crippen LogP contribution < -0.4 is 0 Å². The predicted octanol–water partition coefficient (Wildman–Crippen LogP) is 1.73. The van der Waals surface area contributed by atoms with Crippen LogP contribution in [0.5, 0.6) is 0 Å². The third-order valence-corrected chi connectivity index (χ3v) is 1.60. The van der Waals surface area contributed by atoms with Crippen molar-refractivity contribution in [3.63, 3.8) is 0 Å². The van der Waals surface area contributed by atoms with Crippen molar-refractivity contribution in [2.75, 3.05) is 0 Å². The van der Waals surface area contributed by atoms with Gasteiger partial charge in [0.25, 0.3) is 0 Å². The van der Waals surface area contributed by atoms with E-state index in [4.69, 9.17) is 5.11 Å². The standard InChI is InChI=1S/C9H11NO2/c1-6-5-8(7(2)10-6)3-4-9(11)12/h3-5,10H,1-2H3,(H,11,12). The summed E-state index contributed by atoms with van der Waals surface area (Å²) in [5.74, 6) is -0.923. The molecule has 0 saturated heterocycles. The molecule has 0 aliphatic heterocycles. The summed E-state index contributed by atoms with van der Waals surface area (Å²) in [5.41, 5.74) is 2.96. The van der Waals surface area contributed by atoms with Gasteiger partial charge in [0.15, 0.2) is 0 Å². The molecule has 0 unspecified atom stereocenters. The molecule has 0 spiro atoms. The van der Waals surface area contributed by atoms with Gasteiger partial charge in [0.05, 0.1) is 0 Å². The van der Waals surface area contributed by atoms with Crippen molar-refractivity contribution in [1.82, 2.24) is 4.98 Å². The first-order valence-electron chi connectivity index (χ1n) is 3.67. The average molecular weight is 165 g/mol. The zero-order chi connectivity index (χ0) is 9.14. The van der Waals surface area contributed by atoms with Crippen LogP contribution in [-0.2, 0) is 4.79 Å². The van der Waals surface area contributed by atoms with Crippen LogP contribution in [0, 0.1) is 13.8 Å². The Balaban J connectivity index is 2.89. The Hall–Kier alpha value is -1.51. The number of aryl methyl sites for hydroxylation is 2. The van der Waals surface area contributed by atoms with Gasteiger partial charge < -0.3 is 10.1 Å². The Kier molecular flexibility index (Phi) is 2.33. The summed E-state index contributed by atoms with van der Waals surface area (Å²) in [6.45, 7) is 3.85. The highest BCUT2D eigenvalue weighted by Gasteiger charge is 1.97. The number of aromatic amines is 1. The zero-order valence-electron chi connectivity index (χ0n) is 7.09. The van der Waals surface area contributed by atoms with E-state index in [9.17, 15) is 4.79 Å². The van der Waals surface area contributed by atoms with Crippen LogP contribution in [-0.4, -0.2) is 16.1 Å². The first-order valence-corrected chi connectivity index (χ1v) is 3.67. The van der Waals surface area contributed by atoms with Crippen LogP contribution in [0.1, 0.15) is 17.0 Å². The fourth-order valence-corrected chi connectivity index (χ4v) is 1.08. The molecule has 0 amide bonds. The molecule has 0 aromatic carbocycles. The number of rotatable bonds is 2. The second-order valence-electron chi connectivity index (χ2n) is 2.70. The molecule has 0 aliphatic carbocycles. The second-order valence-corrected chi connectivity index (χ2v) is 2.70. The molecule has 64 valence electrons. The Morgan fingerprint density at radius 2 is 2.25 bits per heavy atom. The zero-order valence-corrected chi connectivity index (χ0v) is 7.09. The molecule has 0 fully saturated rings. The number of H-pyrrole nitrogens is 1.